The fourth-order valence-electron chi connectivity index (χ4n) is 3.44. The Hall–Kier alpha value is -3.03. The first-order valence-corrected chi connectivity index (χ1v) is 9.72. The maximum Gasteiger partial charge on any atom is 0.267 e. The lowest BCUT2D eigenvalue weighted by Crippen LogP contribution is -2.50. The van der Waals surface area contributed by atoms with E-state index in [1.54, 1.807) is 35.8 Å². The van der Waals surface area contributed by atoms with Gasteiger partial charge in [0, 0.05) is 44.6 Å². The predicted molar refractivity (Wildman–Crippen MR) is 106 cm³/mol. The van der Waals surface area contributed by atoms with Gasteiger partial charge in [-0.05, 0) is 37.1 Å². The molecule has 0 bridgehead atoms. The zero-order valence-corrected chi connectivity index (χ0v) is 16.9. The summed E-state index contributed by atoms with van der Waals surface area (Å²) in [7, 11) is 0. The average Bonchev–Trinajstić information content (AvgIpc) is 2.74. The van der Waals surface area contributed by atoms with Crippen molar-refractivity contribution in [3.05, 3.63) is 62.3 Å². The molecule has 0 spiro atoms. The van der Waals surface area contributed by atoms with Gasteiger partial charge in [-0.2, -0.15) is 5.10 Å². The van der Waals surface area contributed by atoms with E-state index in [2.05, 4.69) is 10.2 Å². The molecule has 0 saturated carbocycles. The van der Waals surface area contributed by atoms with Gasteiger partial charge >= 0.3 is 0 Å². The summed E-state index contributed by atoms with van der Waals surface area (Å²) in [6, 6.07) is 4.45. The number of benzene rings is 1. The number of H-pyrrole nitrogens is 1. The fourth-order valence-corrected chi connectivity index (χ4v) is 3.44. The van der Waals surface area contributed by atoms with Crippen LogP contribution in [0.1, 0.15) is 46.1 Å². The fraction of sp³-hybridized carbons (Fsp3) is 0.429. The van der Waals surface area contributed by atoms with E-state index in [1.807, 2.05) is 6.92 Å². The van der Waals surface area contributed by atoms with Crippen molar-refractivity contribution in [1.82, 2.24) is 20.0 Å². The number of carbonyl (C=O) groups excluding carboxylic acids is 2. The predicted octanol–water partition coefficient (Wildman–Crippen LogP) is 1.81. The van der Waals surface area contributed by atoms with Crippen LogP contribution in [0.15, 0.2) is 23.0 Å². The molecule has 1 N–H and O–H groups in total. The van der Waals surface area contributed by atoms with Crippen LogP contribution in [-0.2, 0) is 11.2 Å². The van der Waals surface area contributed by atoms with Crippen LogP contribution in [0.2, 0.25) is 0 Å². The second kappa shape index (κ2) is 8.55. The Morgan fingerprint density at radius 1 is 1.10 bits per heavy atom. The summed E-state index contributed by atoms with van der Waals surface area (Å²) >= 11 is 0. The molecule has 7 nitrogen and oxygen atoms in total. The van der Waals surface area contributed by atoms with E-state index in [0.29, 0.717) is 50.3 Å². The van der Waals surface area contributed by atoms with Crippen LogP contribution in [-0.4, -0.2) is 58.0 Å². The molecule has 29 heavy (non-hydrogen) atoms. The third-order valence-electron chi connectivity index (χ3n) is 5.48. The van der Waals surface area contributed by atoms with Gasteiger partial charge in [-0.1, -0.05) is 13.0 Å². The van der Waals surface area contributed by atoms with Gasteiger partial charge in [-0.3, -0.25) is 14.4 Å². The second-order valence-electron chi connectivity index (χ2n) is 7.27. The van der Waals surface area contributed by atoms with Crippen molar-refractivity contribution < 1.29 is 14.0 Å². The minimum absolute atomic E-state index is 0.0107. The topological polar surface area (TPSA) is 86.4 Å². The van der Waals surface area contributed by atoms with Gasteiger partial charge in [0.2, 0.25) is 5.91 Å². The van der Waals surface area contributed by atoms with E-state index in [9.17, 15) is 18.8 Å². The first kappa shape index (κ1) is 20.7. The molecule has 3 rings (SSSR count). The zero-order valence-electron chi connectivity index (χ0n) is 16.9. The van der Waals surface area contributed by atoms with Gasteiger partial charge in [-0.15, -0.1) is 0 Å². The van der Waals surface area contributed by atoms with Crippen molar-refractivity contribution in [2.24, 2.45) is 0 Å². The van der Waals surface area contributed by atoms with E-state index >= 15 is 0 Å². The number of rotatable bonds is 4. The quantitative estimate of drug-likeness (QED) is 0.848. The Morgan fingerprint density at radius 3 is 2.41 bits per heavy atom. The molecule has 1 aromatic heterocycles. The molecule has 2 amide bonds. The van der Waals surface area contributed by atoms with E-state index in [0.717, 1.165) is 11.1 Å². The lowest BCUT2D eigenvalue weighted by Gasteiger charge is -2.34. The first-order valence-electron chi connectivity index (χ1n) is 9.72. The van der Waals surface area contributed by atoms with Crippen LogP contribution >= 0.6 is 0 Å². The molecule has 0 atom stereocenters. The molecular weight excluding hydrogens is 375 g/mol. The monoisotopic (exact) mass is 400 g/mol. The van der Waals surface area contributed by atoms with Gasteiger partial charge in [0.15, 0.2) is 0 Å². The molecular formula is C21H25FN4O3. The van der Waals surface area contributed by atoms with Crippen molar-refractivity contribution in [2.75, 3.05) is 26.2 Å². The minimum atomic E-state index is -0.576. The summed E-state index contributed by atoms with van der Waals surface area (Å²) in [5.74, 6) is -0.896. The molecule has 154 valence electrons. The van der Waals surface area contributed by atoms with Crippen molar-refractivity contribution in [3.63, 3.8) is 0 Å². The minimum Gasteiger partial charge on any atom is -0.339 e. The van der Waals surface area contributed by atoms with Crippen molar-refractivity contribution >= 4 is 11.8 Å². The summed E-state index contributed by atoms with van der Waals surface area (Å²) < 4.78 is 14.4. The molecule has 2 aromatic rings. The molecule has 1 fully saturated rings. The van der Waals surface area contributed by atoms with Gasteiger partial charge in [-0.25, -0.2) is 9.49 Å². The van der Waals surface area contributed by atoms with Gasteiger partial charge in [0.25, 0.3) is 11.5 Å². The summed E-state index contributed by atoms with van der Waals surface area (Å²) in [4.78, 5) is 39.6. The lowest BCUT2D eigenvalue weighted by atomic mass is 10.0. The molecule has 1 aromatic carbocycles. The summed E-state index contributed by atoms with van der Waals surface area (Å²) in [5, 5.41) is 6.55. The molecule has 1 saturated heterocycles. The Morgan fingerprint density at radius 2 is 1.76 bits per heavy atom. The maximum absolute atomic E-state index is 14.4. The molecule has 1 aliphatic heterocycles. The molecule has 1 aliphatic rings. The van der Waals surface area contributed by atoms with E-state index in [-0.39, 0.29) is 22.9 Å². The number of piperazine rings is 1. The highest BCUT2D eigenvalue weighted by Crippen LogP contribution is 2.18. The number of aromatic amines is 1. The largest absolute Gasteiger partial charge is 0.339 e. The Kier molecular flexibility index (Phi) is 6.10. The summed E-state index contributed by atoms with van der Waals surface area (Å²) in [6.45, 7) is 7.03. The Labute approximate surface area is 168 Å². The van der Waals surface area contributed by atoms with E-state index in [1.165, 1.54) is 6.07 Å². The number of carbonyl (C=O) groups is 2. The van der Waals surface area contributed by atoms with Gasteiger partial charge < -0.3 is 9.80 Å². The van der Waals surface area contributed by atoms with Crippen LogP contribution in [0.5, 0.6) is 0 Å². The standard InChI is InChI=1S/C21H25FN4O3/c1-4-19(27)25-7-9-26(10-8-25)21(29)16-11-15(5-6-17(16)22)12-18-13(2)14(3)20(28)24-23-18/h5-6,11H,4,7-10,12H2,1-3H3,(H,24,28). The summed E-state index contributed by atoms with van der Waals surface area (Å²) in [5.41, 5.74) is 2.56. The number of hydrogen-bond donors (Lipinski definition) is 1. The van der Waals surface area contributed by atoms with Gasteiger partial charge in [0.1, 0.15) is 5.82 Å². The number of amides is 2. The molecule has 0 aliphatic carbocycles. The van der Waals surface area contributed by atoms with Crippen molar-refractivity contribution in [1.29, 1.82) is 0 Å². The number of halogens is 1. The zero-order chi connectivity index (χ0) is 21.1. The lowest BCUT2D eigenvalue weighted by molar-refractivity contribution is -0.132. The molecule has 8 heteroatoms. The van der Waals surface area contributed by atoms with Crippen molar-refractivity contribution in [2.45, 2.75) is 33.6 Å². The molecule has 0 unspecified atom stereocenters. The van der Waals surface area contributed by atoms with Crippen LogP contribution in [0.4, 0.5) is 4.39 Å². The van der Waals surface area contributed by atoms with Gasteiger partial charge in [0.05, 0.1) is 11.3 Å². The molecule has 0 radical (unpaired) electrons. The highest BCUT2D eigenvalue weighted by Gasteiger charge is 2.26. The normalized spacial score (nSPS) is 14.2. The first-order chi connectivity index (χ1) is 13.8. The molecule has 2 heterocycles. The van der Waals surface area contributed by atoms with Crippen molar-refractivity contribution in [3.8, 4) is 0 Å². The Bertz CT molecular complexity index is 994. The van der Waals surface area contributed by atoms with E-state index in [4.69, 9.17) is 0 Å². The number of hydrogen-bond acceptors (Lipinski definition) is 4. The van der Waals surface area contributed by atoms with Crippen LogP contribution in [0.25, 0.3) is 0 Å². The SMILES string of the molecule is CCC(=O)N1CCN(C(=O)c2cc(Cc3n[nH]c(=O)c(C)c3C)ccc2F)CC1. The number of aromatic nitrogens is 2. The van der Waals surface area contributed by atoms with Crippen LogP contribution in [0, 0.1) is 19.7 Å². The third kappa shape index (κ3) is 4.36. The average molecular weight is 400 g/mol. The van der Waals surface area contributed by atoms with Crippen LogP contribution < -0.4 is 5.56 Å². The number of nitrogens with zero attached hydrogens (tertiary/aromatic N) is 3. The summed E-state index contributed by atoms with van der Waals surface area (Å²) in [6.07, 6.45) is 0.811. The smallest absolute Gasteiger partial charge is 0.267 e. The van der Waals surface area contributed by atoms with E-state index < -0.39 is 5.82 Å². The second-order valence-corrected chi connectivity index (χ2v) is 7.27. The highest BCUT2D eigenvalue weighted by atomic mass is 19.1. The van der Waals surface area contributed by atoms with Crippen LogP contribution in [0.3, 0.4) is 0 Å². The third-order valence-corrected chi connectivity index (χ3v) is 5.48. The number of nitrogens with one attached hydrogen (secondary N) is 1. The Balaban J connectivity index is 1.77. The highest BCUT2D eigenvalue weighted by molar-refractivity contribution is 5.95. The maximum atomic E-state index is 14.4.